The van der Waals surface area contributed by atoms with Crippen LogP contribution in [0.4, 0.5) is 45.5 Å². The van der Waals surface area contributed by atoms with E-state index in [9.17, 15) is 0 Å². The van der Waals surface area contributed by atoms with Crippen molar-refractivity contribution < 1.29 is 22.4 Å². The maximum atomic E-state index is 6.87. The maximum absolute atomic E-state index is 6.87. The fraction of sp³-hybridized carbons (Fsp3) is 0.162. The van der Waals surface area contributed by atoms with E-state index in [1.165, 1.54) is 86.2 Å². The van der Waals surface area contributed by atoms with Crippen molar-refractivity contribution in [3.63, 3.8) is 0 Å². The van der Waals surface area contributed by atoms with Crippen LogP contribution in [0.25, 0.3) is 44.5 Å². The van der Waals surface area contributed by atoms with Crippen LogP contribution in [0, 0.1) is 12.1 Å². The molecule has 394 valence electrons. The molecule has 0 radical (unpaired) electrons. The number of hydrogen-bond acceptors (Lipinski definition) is 5. The average Bonchev–Trinajstić information content (AvgIpc) is 3.54. The van der Waals surface area contributed by atoms with E-state index in [1.54, 1.807) is 0 Å². The molecule has 9 aliphatic rings. The van der Waals surface area contributed by atoms with Gasteiger partial charge in [-0.1, -0.05) is 0 Å². The van der Waals surface area contributed by atoms with Crippen LogP contribution in [0.15, 0.2) is 206 Å². The molecular formula is C74H60N4OPt-2. The van der Waals surface area contributed by atoms with Gasteiger partial charge in [0.15, 0.2) is 0 Å². The van der Waals surface area contributed by atoms with Gasteiger partial charge in [0, 0.05) is 0 Å². The van der Waals surface area contributed by atoms with Crippen LogP contribution in [-0.4, -0.2) is 8.29 Å². The summed E-state index contributed by atoms with van der Waals surface area (Å²) in [5.74, 6) is 1.27. The van der Waals surface area contributed by atoms with Crippen molar-refractivity contribution in [3.8, 4) is 56.0 Å². The molecule has 19 rings (SSSR count). The number of fused-ring (bicyclic) bond motifs is 14. The Morgan fingerprint density at radius 3 is 0.950 bits per heavy atom. The molecule has 0 fully saturated rings. The predicted octanol–water partition coefficient (Wildman–Crippen LogP) is 18.4. The molecule has 10 aromatic rings. The third-order valence-corrected chi connectivity index (χ3v) is 19.7. The van der Waals surface area contributed by atoms with E-state index in [0.717, 1.165) is 71.2 Å². The number of ether oxygens (including phenoxy) is 1. The van der Waals surface area contributed by atoms with Crippen molar-refractivity contribution in [2.75, 3.05) is 19.6 Å². The van der Waals surface area contributed by atoms with Gasteiger partial charge in [0.05, 0.1) is 0 Å². The fourth-order valence-electron chi connectivity index (χ4n) is 12.2. The van der Waals surface area contributed by atoms with Gasteiger partial charge in [0.2, 0.25) is 0 Å². The van der Waals surface area contributed by atoms with Crippen LogP contribution in [0.1, 0.15) is 74.9 Å². The number of hydrogen-bond donors (Lipinski definition) is 0. The minimum absolute atomic E-state index is 0.154. The van der Waals surface area contributed by atoms with Gasteiger partial charge in [-0.3, -0.25) is 0 Å². The SMILES string of the molecule is CC(C)(C)c1cc2c3c(c1)-c1ccc(cc1)CCc1ccc(cc1)-c1cc(C(C)(C)C)cc(c1N1[C]4=[Pt]=[C]5N(c6[c-]c(ccc6)Oc6[c-]c(ccc6)N4c4ccccc41)c1ccccc1N53)-c1ccc(cc1)CCc1ccc-2cc1. The molecule has 5 nitrogen and oxygen atoms in total. The molecule has 10 aromatic carbocycles. The van der Waals surface area contributed by atoms with Crippen LogP contribution in [0.3, 0.4) is 0 Å². The third kappa shape index (κ3) is 8.23. The van der Waals surface area contributed by atoms with Crippen molar-refractivity contribution >= 4 is 53.8 Å². The first-order valence-corrected chi connectivity index (χ1v) is 30.3. The standard InChI is InChI=1S/C74H60N4O.Pt/c1-73(2,3)57-41-63-53-33-25-49(26-34-53)21-23-51-29-37-55(38-30-51)65-43-58(74(4,5)6)44-66-56-39-31-52(32-40-56)24-22-50-27-35-54(36-28-50)64(42-57)71(63)77-47-75(67-17-7-9-19-69(67)77)59-13-11-15-61(45-59)79-62-16-12-14-60(46-62)76-48-78(72(65)66)70-20-10-8-18-68(70)76;/h7-20,25-44H,21-24H2,1-6H3;/q-2;. The van der Waals surface area contributed by atoms with Gasteiger partial charge in [0.25, 0.3) is 0 Å². The second-order valence-electron chi connectivity index (χ2n) is 23.9. The number of aryl methyl sites for hydroxylation is 4. The van der Waals surface area contributed by atoms with E-state index < -0.39 is 17.6 Å². The molecule has 80 heavy (non-hydrogen) atoms. The molecule has 9 aliphatic heterocycles. The molecule has 0 atom stereocenters. The van der Waals surface area contributed by atoms with Crippen LogP contribution in [0.5, 0.6) is 11.5 Å². The molecule has 0 saturated carbocycles. The van der Waals surface area contributed by atoms with Crippen molar-refractivity contribution in [2.24, 2.45) is 0 Å². The van der Waals surface area contributed by atoms with E-state index in [-0.39, 0.29) is 10.8 Å². The molecule has 0 N–H and O–H groups in total. The monoisotopic (exact) mass is 1220 g/mol. The number of rotatable bonds is 0. The van der Waals surface area contributed by atoms with Crippen LogP contribution < -0.4 is 24.3 Å². The first-order chi connectivity index (χ1) is 38.9. The minimum atomic E-state index is -1.29. The Hall–Kier alpha value is -8.37. The quantitative estimate of drug-likeness (QED) is 0.141. The van der Waals surface area contributed by atoms with Crippen LogP contribution >= 0.6 is 0 Å². The molecule has 0 saturated heterocycles. The Balaban J connectivity index is 1.19. The number of para-hydroxylation sites is 4. The van der Waals surface area contributed by atoms with Gasteiger partial charge in [0.1, 0.15) is 0 Å². The Kier molecular flexibility index (Phi) is 11.3. The van der Waals surface area contributed by atoms with E-state index in [2.05, 4.69) is 267 Å². The van der Waals surface area contributed by atoms with Crippen molar-refractivity contribution in [3.05, 3.63) is 252 Å². The molecule has 0 spiro atoms. The Bertz CT molecular complexity index is 3810. The summed E-state index contributed by atoms with van der Waals surface area (Å²) in [7, 11) is 0. The van der Waals surface area contributed by atoms with Gasteiger partial charge >= 0.3 is 482 Å². The summed E-state index contributed by atoms with van der Waals surface area (Å²) in [6.45, 7) is 14.1. The third-order valence-electron chi connectivity index (χ3n) is 16.6. The van der Waals surface area contributed by atoms with E-state index in [0.29, 0.717) is 11.5 Å². The number of nitrogens with zero attached hydrogens (tertiary/aromatic N) is 4. The average molecular weight is 1220 g/mol. The van der Waals surface area contributed by atoms with Gasteiger partial charge < -0.3 is 0 Å². The summed E-state index contributed by atoms with van der Waals surface area (Å²) in [5, 5.41) is 0. The first-order valence-electron chi connectivity index (χ1n) is 28.1. The zero-order chi connectivity index (χ0) is 54.0. The number of anilines is 8. The van der Waals surface area contributed by atoms with Crippen molar-refractivity contribution in [2.45, 2.75) is 78.1 Å². The van der Waals surface area contributed by atoms with E-state index in [4.69, 9.17) is 4.74 Å². The van der Waals surface area contributed by atoms with E-state index in [1.807, 2.05) is 12.1 Å². The molecule has 0 aliphatic carbocycles. The zero-order valence-corrected chi connectivity index (χ0v) is 48.2. The molecule has 9 heterocycles. The van der Waals surface area contributed by atoms with Crippen LogP contribution in [-0.2, 0) is 54.2 Å². The first kappa shape index (κ1) is 48.7. The second kappa shape index (κ2) is 18.6. The second-order valence-corrected chi connectivity index (χ2v) is 26.5. The molecule has 0 amide bonds. The van der Waals surface area contributed by atoms with Gasteiger partial charge in [-0.15, -0.1) is 0 Å². The topological polar surface area (TPSA) is 22.2 Å². The van der Waals surface area contributed by atoms with Crippen LogP contribution in [0.2, 0.25) is 0 Å². The molecule has 6 heteroatoms. The summed E-state index contributed by atoms with van der Waals surface area (Å²) >= 11 is -1.29. The molecule has 16 bridgehead atoms. The summed E-state index contributed by atoms with van der Waals surface area (Å²) in [6.07, 6.45) is 3.74. The molecular weight excluding hydrogens is 1160 g/mol. The predicted molar refractivity (Wildman–Crippen MR) is 329 cm³/mol. The van der Waals surface area contributed by atoms with Crippen molar-refractivity contribution in [1.29, 1.82) is 0 Å². The summed E-state index contributed by atoms with van der Waals surface area (Å²) in [5.41, 5.74) is 25.6. The zero-order valence-electron chi connectivity index (χ0n) is 46.0. The summed E-state index contributed by atoms with van der Waals surface area (Å²) < 4.78 is 9.22. The number of benzene rings is 10. The Morgan fingerprint density at radius 1 is 0.350 bits per heavy atom. The van der Waals surface area contributed by atoms with Gasteiger partial charge in [-0.2, -0.15) is 0 Å². The van der Waals surface area contributed by atoms with Gasteiger partial charge in [-0.05, 0) is 0 Å². The van der Waals surface area contributed by atoms with E-state index >= 15 is 0 Å². The van der Waals surface area contributed by atoms with Gasteiger partial charge in [-0.25, -0.2) is 0 Å². The summed E-state index contributed by atoms with van der Waals surface area (Å²) in [6, 6.07) is 86.4. The normalized spacial score (nSPS) is 14.9. The molecule has 0 unspecified atom stereocenters. The Labute approximate surface area is 478 Å². The molecule has 0 aromatic heterocycles. The summed E-state index contributed by atoms with van der Waals surface area (Å²) in [4.78, 5) is 10.3. The fourth-order valence-corrected chi connectivity index (χ4v) is 15.8. The Morgan fingerprint density at radius 2 is 0.650 bits per heavy atom. The van der Waals surface area contributed by atoms with Crippen molar-refractivity contribution in [1.82, 2.24) is 0 Å².